The normalized spacial score (nSPS) is 12.1. The molecule has 0 heterocycles. The van der Waals surface area contributed by atoms with Crippen LogP contribution in [-0.2, 0) is 6.18 Å². The summed E-state index contributed by atoms with van der Waals surface area (Å²) in [7, 11) is 0. The monoisotopic (exact) mass is 244 g/mol. The summed E-state index contributed by atoms with van der Waals surface area (Å²) in [6.07, 6.45) is -0.0284. The maximum absolute atomic E-state index is 12.4. The lowest BCUT2D eigenvalue weighted by atomic mass is 9.90. The topological polar surface area (TPSA) is 0 Å². The Kier molecular flexibility index (Phi) is 5.03. The van der Waals surface area contributed by atoms with Gasteiger partial charge in [-0.2, -0.15) is 13.2 Å². The van der Waals surface area contributed by atoms with Gasteiger partial charge in [-0.15, -0.1) is 0 Å². The fourth-order valence-corrected chi connectivity index (χ4v) is 2.12. The van der Waals surface area contributed by atoms with Gasteiger partial charge in [0.2, 0.25) is 0 Å². The van der Waals surface area contributed by atoms with E-state index in [9.17, 15) is 13.2 Å². The van der Waals surface area contributed by atoms with Gasteiger partial charge in [-0.3, -0.25) is 0 Å². The first-order valence-corrected chi connectivity index (χ1v) is 6.16. The van der Waals surface area contributed by atoms with E-state index in [0.29, 0.717) is 5.92 Å². The second-order valence-corrected chi connectivity index (χ2v) is 4.39. The lowest BCUT2D eigenvalue weighted by Gasteiger charge is -2.16. The van der Waals surface area contributed by atoms with Crippen molar-refractivity contribution in [2.45, 2.75) is 51.6 Å². The van der Waals surface area contributed by atoms with Crippen LogP contribution in [0.1, 0.15) is 56.6 Å². The molecule has 0 aliphatic rings. The van der Waals surface area contributed by atoms with Gasteiger partial charge in [0.05, 0.1) is 5.56 Å². The van der Waals surface area contributed by atoms with Crippen molar-refractivity contribution in [2.24, 2.45) is 0 Å². The lowest BCUT2D eigenvalue weighted by molar-refractivity contribution is -0.137. The molecule has 0 saturated carbocycles. The van der Waals surface area contributed by atoms with Crippen LogP contribution in [0.15, 0.2) is 24.3 Å². The number of hydrogen-bond acceptors (Lipinski definition) is 0. The first kappa shape index (κ1) is 14.1. The second-order valence-electron chi connectivity index (χ2n) is 4.39. The maximum Gasteiger partial charge on any atom is 0.416 e. The van der Waals surface area contributed by atoms with E-state index in [-0.39, 0.29) is 0 Å². The summed E-state index contributed by atoms with van der Waals surface area (Å²) in [5.41, 5.74) is 0.467. The van der Waals surface area contributed by atoms with Gasteiger partial charge in [0.1, 0.15) is 0 Å². The molecule has 0 saturated heterocycles. The third kappa shape index (κ3) is 4.06. The fourth-order valence-electron chi connectivity index (χ4n) is 2.12. The van der Waals surface area contributed by atoms with Crippen LogP contribution >= 0.6 is 0 Å². The van der Waals surface area contributed by atoms with E-state index in [4.69, 9.17) is 0 Å². The molecule has 0 radical (unpaired) electrons. The van der Waals surface area contributed by atoms with Gasteiger partial charge in [0.25, 0.3) is 0 Å². The summed E-state index contributed by atoms with van der Waals surface area (Å²) >= 11 is 0. The molecule has 0 bridgehead atoms. The molecule has 1 rings (SSSR count). The predicted molar refractivity (Wildman–Crippen MR) is 64.0 cm³/mol. The predicted octanol–water partition coefficient (Wildman–Crippen LogP) is 5.39. The van der Waals surface area contributed by atoms with Crippen LogP contribution in [0.25, 0.3) is 0 Å². The maximum atomic E-state index is 12.4. The Balaban J connectivity index is 2.84. The van der Waals surface area contributed by atoms with Gasteiger partial charge >= 0.3 is 6.18 Å². The van der Waals surface area contributed by atoms with Crippen molar-refractivity contribution in [1.29, 1.82) is 0 Å². The van der Waals surface area contributed by atoms with E-state index in [1.54, 1.807) is 12.1 Å². The van der Waals surface area contributed by atoms with E-state index in [2.05, 4.69) is 13.8 Å². The molecule has 1 aromatic rings. The Bertz CT molecular complexity index is 318. The van der Waals surface area contributed by atoms with Crippen LogP contribution in [0.5, 0.6) is 0 Å². The van der Waals surface area contributed by atoms with Crippen molar-refractivity contribution in [3.05, 3.63) is 35.4 Å². The quantitative estimate of drug-likeness (QED) is 0.651. The van der Waals surface area contributed by atoms with Crippen LogP contribution in [0.2, 0.25) is 0 Å². The molecule has 0 aromatic heterocycles. The molecule has 96 valence electrons. The summed E-state index contributed by atoms with van der Waals surface area (Å²) < 4.78 is 37.3. The number of rotatable bonds is 5. The van der Waals surface area contributed by atoms with Gasteiger partial charge in [-0.1, -0.05) is 38.8 Å². The minimum absolute atomic E-state index is 0.396. The summed E-state index contributed by atoms with van der Waals surface area (Å²) in [6.45, 7) is 4.21. The van der Waals surface area contributed by atoms with Crippen molar-refractivity contribution < 1.29 is 13.2 Å². The summed E-state index contributed by atoms with van der Waals surface area (Å²) in [4.78, 5) is 0. The van der Waals surface area contributed by atoms with Crippen molar-refractivity contribution in [1.82, 2.24) is 0 Å². The molecule has 0 spiro atoms. The van der Waals surface area contributed by atoms with E-state index in [0.717, 1.165) is 31.2 Å². The Hall–Kier alpha value is -0.990. The first-order chi connectivity index (χ1) is 7.99. The van der Waals surface area contributed by atoms with Gasteiger partial charge < -0.3 is 0 Å². The van der Waals surface area contributed by atoms with Gasteiger partial charge in [0, 0.05) is 0 Å². The Morgan fingerprint density at radius 2 is 1.41 bits per heavy atom. The molecule has 0 nitrogen and oxygen atoms in total. The average Bonchev–Trinajstić information content (AvgIpc) is 2.28. The largest absolute Gasteiger partial charge is 0.416 e. The highest BCUT2D eigenvalue weighted by atomic mass is 19.4. The van der Waals surface area contributed by atoms with Crippen LogP contribution < -0.4 is 0 Å². The van der Waals surface area contributed by atoms with E-state index >= 15 is 0 Å². The molecule has 0 unspecified atom stereocenters. The molecule has 0 amide bonds. The van der Waals surface area contributed by atoms with Crippen LogP contribution in [0, 0.1) is 0 Å². The van der Waals surface area contributed by atoms with Crippen molar-refractivity contribution in [3.63, 3.8) is 0 Å². The zero-order chi connectivity index (χ0) is 12.9. The SMILES string of the molecule is CCCC(CCC)c1ccc(C(F)(F)F)cc1. The van der Waals surface area contributed by atoms with Gasteiger partial charge in [0.15, 0.2) is 0 Å². The molecule has 3 heteroatoms. The summed E-state index contributed by atoms with van der Waals surface area (Å²) in [5.74, 6) is 0.396. The molecular weight excluding hydrogens is 225 g/mol. The fraction of sp³-hybridized carbons (Fsp3) is 0.571. The standard InChI is InChI=1S/C14H19F3/c1-3-5-11(6-4-2)12-7-9-13(10-8-12)14(15,16)17/h7-11H,3-6H2,1-2H3. The first-order valence-electron chi connectivity index (χ1n) is 6.16. The summed E-state index contributed by atoms with van der Waals surface area (Å²) in [6, 6.07) is 5.62. The zero-order valence-electron chi connectivity index (χ0n) is 10.3. The average molecular weight is 244 g/mol. The minimum Gasteiger partial charge on any atom is -0.166 e. The number of halogens is 3. The highest BCUT2D eigenvalue weighted by molar-refractivity contribution is 5.27. The lowest BCUT2D eigenvalue weighted by Crippen LogP contribution is -2.05. The van der Waals surface area contributed by atoms with Crippen molar-refractivity contribution in [3.8, 4) is 0 Å². The van der Waals surface area contributed by atoms with E-state index < -0.39 is 11.7 Å². The summed E-state index contributed by atoms with van der Waals surface area (Å²) in [5, 5.41) is 0. The molecule has 0 N–H and O–H groups in total. The molecule has 0 aliphatic carbocycles. The second kappa shape index (κ2) is 6.08. The Morgan fingerprint density at radius 1 is 0.941 bits per heavy atom. The third-order valence-corrected chi connectivity index (χ3v) is 2.98. The molecule has 0 fully saturated rings. The molecule has 1 aromatic carbocycles. The molecule has 0 atom stereocenters. The molecule has 0 aliphatic heterocycles. The Morgan fingerprint density at radius 3 is 1.76 bits per heavy atom. The molecular formula is C14H19F3. The van der Waals surface area contributed by atoms with Gasteiger partial charge in [-0.05, 0) is 36.5 Å². The van der Waals surface area contributed by atoms with Crippen LogP contribution in [0.3, 0.4) is 0 Å². The number of hydrogen-bond donors (Lipinski definition) is 0. The number of benzene rings is 1. The van der Waals surface area contributed by atoms with Crippen LogP contribution in [0.4, 0.5) is 13.2 Å². The highest BCUT2D eigenvalue weighted by Gasteiger charge is 2.30. The van der Waals surface area contributed by atoms with Crippen molar-refractivity contribution in [2.75, 3.05) is 0 Å². The smallest absolute Gasteiger partial charge is 0.166 e. The molecule has 17 heavy (non-hydrogen) atoms. The van der Waals surface area contributed by atoms with E-state index in [1.165, 1.54) is 12.1 Å². The van der Waals surface area contributed by atoms with Crippen LogP contribution in [-0.4, -0.2) is 0 Å². The zero-order valence-corrected chi connectivity index (χ0v) is 10.3. The Labute approximate surface area is 101 Å². The minimum atomic E-state index is -4.23. The van der Waals surface area contributed by atoms with Crippen molar-refractivity contribution >= 4 is 0 Å². The van der Waals surface area contributed by atoms with E-state index in [1.807, 2.05) is 0 Å². The third-order valence-electron chi connectivity index (χ3n) is 2.98. The highest BCUT2D eigenvalue weighted by Crippen LogP contribution is 2.32. The van der Waals surface area contributed by atoms with Gasteiger partial charge in [-0.25, -0.2) is 0 Å². The number of alkyl halides is 3.